The van der Waals surface area contributed by atoms with Crippen LogP contribution >= 0.6 is 11.6 Å². The first kappa shape index (κ1) is 27.6. The molecule has 1 aliphatic rings. The van der Waals surface area contributed by atoms with Gasteiger partial charge in [-0.25, -0.2) is 4.68 Å². The molecule has 0 aliphatic heterocycles. The SMILES string of the molecule is CC(C)c1nc([C@H]2CC[C@H](C(=O)NCCNC(=O)c3cn(-c4ccc(Cl)cc4)nc3C(F)(F)F)CC2)no1. The Morgan fingerprint density at radius 1 is 1.11 bits per heavy atom. The second-order valence-corrected chi connectivity index (χ2v) is 9.99. The van der Waals surface area contributed by atoms with E-state index in [4.69, 9.17) is 16.1 Å². The molecule has 0 spiro atoms. The molecule has 0 bridgehead atoms. The third-order valence-electron chi connectivity index (χ3n) is 6.44. The van der Waals surface area contributed by atoms with Gasteiger partial charge in [-0.1, -0.05) is 30.6 Å². The van der Waals surface area contributed by atoms with Gasteiger partial charge in [0.2, 0.25) is 11.8 Å². The Bertz CT molecular complexity index is 1260. The lowest BCUT2D eigenvalue weighted by Crippen LogP contribution is -2.38. The molecule has 0 saturated heterocycles. The van der Waals surface area contributed by atoms with Crippen molar-refractivity contribution in [3.8, 4) is 5.69 Å². The quantitative estimate of drug-likeness (QED) is 0.385. The minimum absolute atomic E-state index is 0.0375. The summed E-state index contributed by atoms with van der Waals surface area (Å²) in [5.41, 5.74) is -1.59. The van der Waals surface area contributed by atoms with Crippen LogP contribution < -0.4 is 10.6 Å². The van der Waals surface area contributed by atoms with Crippen molar-refractivity contribution in [1.82, 2.24) is 30.6 Å². The molecule has 38 heavy (non-hydrogen) atoms. The molecule has 2 N–H and O–H groups in total. The number of rotatable bonds is 8. The lowest BCUT2D eigenvalue weighted by atomic mass is 9.81. The van der Waals surface area contributed by atoms with E-state index in [2.05, 4.69) is 25.9 Å². The molecule has 2 aromatic heterocycles. The van der Waals surface area contributed by atoms with Crippen molar-refractivity contribution in [2.24, 2.45) is 5.92 Å². The predicted octanol–water partition coefficient (Wildman–Crippen LogP) is 4.87. The molecule has 1 aliphatic carbocycles. The molecule has 1 saturated carbocycles. The second kappa shape index (κ2) is 11.5. The highest BCUT2D eigenvalue weighted by molar-refractivity contribution is 6.30. The number of alkyl halides is 3. The molecule has 9 nitrogen and oxygen atoms in total. The van der Waals surface area contributed by atoms with E-state index >= 15 is 0 Å². The summed E-state index contributed by atoms with van der Waals surface area (Å²) in [7, 11) is 0. The van der Waals surface area contributed by atoms with Crippen molar-refractivity contribution in [3.05, 3.63) is 58.5 Å². The fourth-order valence-electron chi connectivity index (χ4n) is 4.34. The molecule has 0 unspecified atom stereocenters. The summed E-state index contributed by atoms with van der Waals surface area (Å²) in [5.74, 6) is 0.292. The number of amides is 2. The third kappa shape index (κ3) is 6.53. The largest absolute Gasteiger partial charge is 0.435 e. The van der Waals surface area contributed by atoms with Crippen LogP contribution in [0.5, 0.6) is 0 Å². The van der Waals surface area contributed by atoms with E-state index in [0.717, 1.165) is 23.7 Å². The van der Waals surface area contributed by atoms with Gasteiger partial charge >= 0.3 is 6.18 Å². The predicted molar refractivity (Wildman–Crippen MR) is 132 cm³/mol. The van der Waals surface area contributed by atoms with E-state index in [0.29, 0.717) is 35.3 Å². The average molecular weight is 553 g/mol. The number of carbonyl (C=O) groups excluding carboxylic acids is 2. The van der Waals surface area contributed by atoms with Gasteiger partial charge in [0.15, 0.2) is 11.5 Å². The molecule has 2 heterocycles. The fraction of sp³-hybridized carbons (Fsp3) is 0.480. The Balaban J connectivity index is 1.27. The first-order chi connectivity index (χ1) is 18.0. The summed E-state index contributed by atoms with van der Waals surface area (Å²) in [4.78, 5) is 29.6. The monoisotopic (exact) mass is 552 g/mol. The van der Waals surface area contributed by atoms with E-state index in [1.807, 2.05) is 13.8 Å². The summed E-state index contributed by atoms with van der Waals surface area (Å²) in [6, 6.07) is 6.00. The number of nitrogens with one attached hydrogen (secondary N) is 2. The van der Waals surface area contributed by atoms with Gasteiger partial charge in [0.05, 0.1) is 11.3 Å². The van der Waals surface area contributed by atoms with Crippen LogP contribution in [0, 0.1) is 5.92 Å². The van der Waals surface area contributed by atoms with Crippen LogP contribution in [-0.2, 0) is 11.0 Å². The Hall–Kier alpha value is -3.41. The van der Waals surface area contributed by atoms with E-state index in [1.54, 1.807) is 0 Å². The minimum Gasteiger partial charge on any atom is -0.354 e. The van der Waals surface area contributed by atoms with Gasteiger partial charge in [-0.15, -0.1) is 0 Å². The summed E-state index contributed by atoms with van der Waals surface area (Å²) in [5, 5.41) is 13.2. The summed E-state index contributed by atoms with van der Waals surface area (Å²) in [6.07, 6.45) is -0.977. The molecule has 1 fully saturated rings. The van der Waals surface area contributed by atoms with Crippen molar-refractivity contribution < 1.29 is 27.3 Å². The molecule has 1 aromatic carbocycles. The first-order valence-electron chi connectivity index (χ1n) is 12.3. The smallest absolute Gasteiger partial charge is 0.354 e. The maximum atomic E-state index is 13.5. The van der Waals surface area contributed by atoms with Crippen LogP contribution in [0.4, 0.5) is 13.2 Å². The molecule has 13 heteroatoms. The zero-order valence-corrected chi connectivity index (χ0v) is 21.6. The highest BCUT2D eigenvalue weighted by Crippen LogP contribution is 2.35. The Morgan fingerprint density at radius 3 is 2.37 bits per heavy atom. The summed E-state index contributed by atoms with van der Waals surface area (Å²) in [6.45, 7) is 4.00. The van der Waals surface area contributed by atoms with Crippen LogP contribution in [0.3, 0.4) is 0 Å². The number of hydrogen-bond acceptors (Lipinski definition) is 6. The number of carbonyl (C=O) groups is 2. The van der Waals surface area contributed by atoms with Crippen LogP contribution in [0.2, 0.25) is 5.02 Å². The number of benzene rings is 1. The van der Waals surface area contributed by atoms with Crippen molar-refractivity contribution in [2.75, 3.05) is 13.1 Å². The van der Waals surface area contributed by atoms with E-state index in [9.17, 15) is 22.8 Å². The zero-order valence-electron chi connectivity index (χ0n) is 20.9. The van der Waals surface area contributed by atoms with Gasteiger partial charge in [0.1, 0.15) is 0 Å². The van der Waals surface area contributed by atoms with Crippen LogP contribution in [0.25, 0.3) is 5.69 Å². The normalized spacial score (nSPS) is 18.0. The van der Waals surface area contributed by atoms with E-state index < -0.39 is 23.3 Å². The number of hydrogen-bond donors (Lipinski definition) is 2. The van der Waals surface area contributed by atoms with Crippen molar-refractivity contribution in [1.29, 1.82) is 0 Å². The van der Waals surface area contributed by atoms with Gasteiger partial charge in [0, 0.05) is 42.1 Å². The summed E-state index contributed by atoms with van der Waals surface area (Å²) >= 11 is 5.83. The Kier molecular flexibility index (Phi) is 8.39. The fourth-order valence-corrected chi connectivity index (χ4v) is 4.46. The Labute approximate surface area is 222 Å². The van der Waals surface area contributed by atoms with Crippen LogP contribution in [0.1, 0.15) is 79.1 Å². The molecular formula is C25H28ClF3N6O3. The summed E-state index contributed by atoms with van der Waals surface area (Å²) < 4.78 is 46.8. The molecule has 2 amide bonds. The number of nitrogens with zero attached hydrogens (tertiary/aromatic N) is 4. The van der Waals surface area contributed by atoms with Crippen LogP contribution in [0.15, 0.2) is 35.0 Å². The second-order valence-electron chi connectivity index (χ2n) is 9.55. The van der Waals surface area contributed by atoms with Crippen molar-refractivity contribution >= 4 is 23.4 Å². The highest BCUT2D eigenvalue weighted by Gasteiger charge is 2.39. The van der Waals surface area contributed by atoms with Gasteiger partial charge in [-0.3, -0.25) is 9.59 Å². The van der Waals surface area contributed by atoms with E-state index in [-0.39, 0.29) is 36.8 Å². The minimum atomic E-state index is -4.82. The molecule has 0 radical (unpaired) electrons. The van der Waals surface area contributed by atoms with Gasteiger partial charge < -0.3 is 15.2 Å². The van der Waals surface area contributed by atoms with Gasteiger partial charge in [-0.2, -0.15) is 23.3 Å². The molecular weight excluding hydrogens is 525 g/mol. The molecule has 0 atom stereocenters. The third-order valence-corrected chi connectivity index (χ3v) is 6.69. The van der Waals surface area contributed by atoms with Crippen LogP contribution in [-0.4, -0.2) is 44.8 Å². The average Bonchev–Trinajstić information content (AvgIpc) is 3.55. The first-order valence-corrected chi connectivity index (χ1v) is 12.7. The lowest BCUT2D eigenvalue weighted by molar-refractivity contribution is -0.141. The van der Waals surface area contributed by atoms with E-state index in [1.165, 1.54) is 24.3 Å². The van der Waals surface area contributed by atoms with Gasteiger partial charge in [0.25, 0.3) is 5.91 Å². The Morgan fingerprint density at radius 2 is 1.76 bits per heavy atom. The van der Waals surface area contributed by atoms with Gasteiger partial charge in [-0.05, 0) is 49.9 Å². The molecule has 3 aromatic rings. The maximum Gasteiger partial charge on any atom is 0.435 e. The zero-order chi connectivity index (χ0) is 27.4. The van der Waals surface area contributed by atoms with Crippen molar-refractivity contribution in [2.45, 2.75) is 57.5 Å². The highest BCUT2D eigenvalue weighted by atomic mass is 35.5. The maximum absolute atomic E-state index is 13.5. The number of aromatic nitrogens is 4. The molecule has 4 rings (SSSR count). The number of halogens is 4. The molecule has 204 valence electrons. The lowest BCUT2D eigenvalue weighted by Gasteiger charge is -2.25. The topological polar surface area (TPSA) is 115 Å². The standard InChI is InChI=1S/C25H28ClF3N6O3/c1-14(2)24-32-21(34-38-24)15-3-5-16(6-4-15)22(36)30-11-12-31-23(37)19-13-35(33-20(19)25(27,28)29)18-9-7-17(26)8-10-18/h7-10,13-16H,3-6,11-12H2,1-2H3,(H,30,36)(H,31,37)/t15-,16-. The van der Waals surface area contributed by atoms with Crippen molar-refractivity contribution in [3.63, 3.8) is 0 Å².